The number of thiazole rings is 1. The van der Waals surface area contributed by atoms with E-state index in [0.717, 1.165) is 29.1 Å². The van der Waals surface area contributed by atoms with Gasteiger partial charge in [0, 0.05) is 23.6 Å². The van der Waals surface area contributed by atoms with Gasteiger partial charge >= 0.3 is 6.03 Å². The Morgan fingerprint density at radius 3 is 2.76 bits per heavy atom. The van der Waals surface area contributed by atoms with Crippen LogP contribution in [-0.4, -0.2) is 27.4 Å². The van der Waals surface area contributed by atoms with E-state index >= 15 is 0 Å². The molecule has 2 aromatic carbocycles. The molecule has 2 amide bonds. The average molecular weight is 412 g/mol. The highest BCUT2D eigenvalue weighted by Crippen LogP contribution is 2.36. The van der Waals surface area contributed by atoms with Crippen LogP contribution >= 0.6 is 11.3 Å². The molecule has 4 rings (SSSR count). The minimum Gasteiger partial charge on any atom is -0.315 e. The first kappa shape index (κ1) is 19.0. The Morgan fingerprint density at radius 1 is 1.24 bits per heavy atom. The summed E-state index contributed by atoms with van der Waals surface area (Å²) in [6, 6.07) is 11.6. The van der Waals surface area contributed by atoms with Gasteiger partial charge in [-0.25, -0.2) is 14.2 Å². The molecule has 1 aromatic heterocycles. The normalized spacial score (nSPS) is 16.0. The molecule has 0 saturated carbocycles. The van der Waals surface area contributed by atoms with E-state index < -0.39 is 4.92 Å². The monoisotopic (exact) mass is 412 g/mol. The first-order valence-corrected chi connectivity index (χ1v) is 9.93. The van der Waals surface area contributed by atoms with Crippen LogP contribution in [0.2, 0.25) is 0 Å². The highest BCUT2D eigenvalue weighted by Gasteiger charge is 2.33. The number of urea groups is 1. The fourth-order valence-corrected chi connectivity index (χ4v) is 4.36. The second kappa shape index (κ2) is 7.96. The molecular formula is C20H17FN4O3S. The SMILES string of the molecule is O=C(Nc1ccccc1[N+](=O)[O-])N1CCCC1c1nc(-c2ccc(F)cc2)cs1. The van der Waals surface area contributed by atoms with Gasteiger partial charge in [0.1, 0.15) is 16.5 Å². The third-order valence-corrected chi connectivity index (χ3v) is 5.75. The Hall–Kier alpha value is -3.33. The van der Waals surface area contributed by atoms with Crippen molar-refractivity contribution >= 4 is 28.7 Å². The molecule has 1 fully saturated rings. The number of nitro groups is 1. The number of amides is 2. The van der Waals surface area contributed by atoms with Crippen molar-refractivity contribution in [1.29, 1.82) is 0 Å². The van der Waals surface area contributed by atoms with Crippen LogP contribution in [0, 0.1) is 15.9 Å². The molecule has 1 N–H and O–H groups in total. The van der Waals surface area contributed by atoms with Crippen molar-refractivity contribution in [2.45, 2.75) is 18.9 Å². The lowest BCUT2D eigenvalue weighted by atomic mass is 10.2. The van der Waals surface area contributed by atoms with E-state index in [4.69, 9.17) is 0 Å². The standard InChI is InChI=1S/C20H17FN4O3S/c21-14-9-7-13(8-10-14)16-12-29-19(22-16)18-6-3-11-24(18)20(26)23-15-4-1-2-5-17(15)25(27)28/h1-2,4-5,7-10,12,18H,3,6,11H2,(H,23,26). The summed E-state index contributed by atoms with van der Waals surface area (Å²) < 4.78 is 13.1. The first-order chi connectivity index (χ1) is 14.0. The maximum Gasteiger partial charge on any atom is 0.322 e. The number of nitrogens with one attached hydrogen (secondary N) is 1. The average Bonchev–Trinajstić information content (AvgIpc) is 3.38. The molecule has 1 aliphatic heterocycles. The molecule has 1 aliphatic rings. The van der Waals surface area contributed by atoms with E-state index in [1.54, 1.807) is 29.2 Å². The number of nitro benzene ring substituents is 1. The van der Waals surface area contributed by atoms with Gasteiger partial charge in [0.2, 0.25) is 0 Å². The molecule has 0 aliphatic carbocycles. The van der Waals surface area contributed by atoms with Crippen molar-refractivity contribution in [2.24, 2.45) is 0 Å². The lowest BCUT2D eigenvalue weighted by Crippen LogP contribution is -2.34. The van der Waals surface area contributed by atoms with Crippen LogP contribution in [0.4, 0.5) is 20.6 Å². The summed E-state index contributed by atoms with van der Waals surface area (Å²) >= 11 is 1.45. The van der Waals surface area contributed by atoms with Gasteiger partial charge in [-0.2, -0.15) is 0 Å². The second-order valence-corrected chi connectivity index (χ2v) is 7.52. The third kappa shape index (κ3) is 3.95. The Kier molecular flexibility index (Phi) is 5.22. The summed E-state index contributed by atoms with van der Waals surface area (Å²) in [5, 5.41) is 16.5. The molecular weight excluding hydrogens is 395 g/mol. The van der Waals surface area contributed by atoms with Gasteiger partial charge in [0.25, 0.3) is 5.69 Å². The van der Waals surface area contributed by atoms with E-state index in [1.165, 1.54) is 35.6 Å². The summed E-state index contributed by atoms with van der Waals surface area (Å²) in [6.45, 7) is 0.544. The van der Waals surface area contributed by atoms with Crippen molar-refractivity contribution in [3.63, 3.8) is 0 Å². The fourth-order valence-electron chi connectivity index (χ4n) is 3.39. The highest BCUT2D eigenvalue weighted by molar-refractivity contribution is 7.10. The zero-order valence-electron chi connectivity index (χ0n) is 15.2. The van der Waals surface area contributed by atoms with Crippen LogP contribution < -0.4 is 5.32 Å². The zero-order chi connectivity index (χ0) is 20.4. The van der Waals surface area contributed by atoms with Crippen molar-refractivity contribution in [2.75, 3.05) is 11.9 Å². The molecule has 9 heteroatoms. The predicted octanol–water partition coefficient (Wildman–Crippen LogP) is 5.23. The van der Waals surface area contributed by atoms with Crippen molar-refractivity contribution in [1.82, 2.24) is 9.88 Å². The molecule has 7 nitrogen and oxygen atoms in total. The Balaban J connectivity index is 1.53. The molecule has 3 aromatic rings. The van der Waals surface area contributed by atoms with Gasteiger partial charge < -0.3 is 10.2 Å². The molecule has 0 spiro atoms. The molecule has 1 atom stereocenters. The van der Waals surface area contributed by atoms with E-state index in [1.807, 2.05) is 5.38 Å². The first-order valence-electron chi connectivity index (χ1n) is 9.05. The van der Waals surface area contributed by atoms with Gasteiger partial charge in [0.05, 0.1) is 16.7 Å². The number of halogens is 1. The maximum atomic E-state index is 13.1. The number of anilines is 1. The number of para-hydroxylation sites is 2. The largest absolute Gasteiger partial charge is 0.322 e. The number of carbonyl (C=O) groups is 1. The number of likely N-dealkylation sites (tertiary alicyclic amines) is 1. The topological polar surface area (TPSA) is 88.4 Å². The van der Waals surface area contributed by atoms with Crippen LogP contribution in [0.3, 0.4) is 0 Å². The maximum absolute atomic E-state index is 13.1. The molecule has 0 radical (unpaired) electrons. The van der Waals surface area contributed by atoms with Gasteiger partial charge in [-0.05, 0) is 43.2 Å². The van der Waals surface area contributed by atoms with E-state index in [2.05, 4.69) is 10.3 Å². The van der Waals surface area contributed by atoms with E-state index in [-0.39, 0.29) is 29.3 Å². The summed E-state index contributed by atoms with van der Waals surface area (Å²) in [4.78, 5) is 29.8. The Morgan fingerprint density at radius 2 is 2.00 bits per heavy atom. The highest BCUT2D eigenvalue weighted by atomic mass is 32.1. The van der Waals surface area contributed by atoms with Crippen molar-refractivity contribution in [3.05, 3.63) is 74.9 Å². The minimum absolute atomic E-state index is 0.149. The quantitative estimate of drug-likeness (QED) is 0.470. The van der Waals surface area contributed by atoms with Crippen LogP contribution in [0.1, 0.15) is 23.9 Å². The van der Waals surface area contributed by atoms with Crippen LogP contribution in [0.25, 0.3) is 11.3 Å². The summed E-state index contributed by atoms with van der Waals surface area (Å²) in [6.07, 6.45) is 1.58. The van der Waals surface area contributed by atoms with E-state index in [0.29, 0.717) is 6.54 Å². The Labute approximate surface area is 170 Å². The number of hydrogen-bond donors (Lipinski definition) is 1. The van der Waals surface area contributed by atoms with E-state index in [9.17, 15) is 19.3 Å². The molecule has 1 saturated heterocycles. The molecule has 148 valence electrons. The number of aromatic nitrogens is 1. The number of rotatable bonds is 4. The minimum atomic E-state index is -0.521. The number of nitrogens with zero attached hydrogens (tertiary/aromatic N) is 3. The molecule has 1 unspecified atom stereocenters. The van der Waals surface area contributed by atoms with Crippen molar-refractivity contribution in [3.8, 4) is 11.3 Å². The number of hydrogen-bond acceptors (Lipinski definition) is 5. The smallest absolute Gasteiger partial charge is 0.315 e. The summed E-state index contributed by atoms with van der Waals surface area (Å²) in [5.74, 6) is -0.308. The summed E-state index contributed by atoms with van der Waals surface area (Å²) in [7, 11) is 0. The number of benzene rings is 2. The van der Waals surface area contributed by atoms with Gasteiger partial charge in [0.15, 0.2) is 0 Å². The predicted molar refractivity (Wildman–Crippen MR) is 108 cm³/mol. The van der Waals surface area contributed by atoms with Crippen LogP contribution in [-0.2, 0) is 0 Å². The lowest BCUT2D eigenvalue weighted by molar-refractivity contribution is -0.383. The van der Waals surface area contributed by atoms with Crippen LogP contribution in [0.5, 0.6) is 0 Å². The Bertz CT molecular complexity index is 1050. The fraction of sp³-hybridized carbons (Fsp3) is 0.200. The zero-order valence-corrected chi connectivity index (χ0v) is 16.1. The second-order valence-electron chi connectivity index (χ2n) is 6.63. The van der Waals surface area contributed by atoms with Crippen molar-refractivity contribution < 1.29 is 14.1 Å². The van der Waals surface area contributed by atoms with Gasteiger partial charge in [-0.3, -0.25) is 10.1 Å². The lowest BCUT2D eigenvalue weighted by Gasteiger charge is -2.23. The van der Waals surface area contributed by atoms with Gasteiger partial charge in [-0.15, -0.1) is 11.3 Å². The van der Waals surface area contributed by atoms with Gasteiger partial charge in [-0.1, -0.05) is 12.1 Å². The summed E-state index contributed by atoms with van der Waals surface area (Å²) in [5.41, 5.74) is 1.56. The molecule has 29 heavy (non-hydrogen) atoms. The number of carbonyl (C=O) groups excluding carboxylic acids is 1. The van der Waals surface area contributed by atoms with Crippen LogP contribution in [0.15, 0.2) is 53.9 Å². The third-order valence-electron chi connectivity index (χ3n) is 4.80. The molecule has 0 bridgehead atoms. The molecule has 2 heterocycles.